The molecule has 0 aromatic rings. The van der Waals surface area contributed by atoms with Gasteiger partial charge in [-0.15, -0.1) is 0 Å². The first-order chi connectivity index (χ1) is 35.6. The molecule has 73 heavy (non-hydrogen) atoms. The number of carboxylic acids is 1. The number of aliphatic hydroxyl groups is 2. The van der Waals surface area contributed by atoms with Crippen molar-refractivity contribution < 1.29 is 58.2 Å². The smallest absolute Gasteiger partial charge is 0.335 e. The van der Waals surface area contributed by atoms with E-state index in [-0.39, 0.29) is 25.9 Å². The van der Waals surface area contributed by atoms with E-state index < -0.39 is 67.3 Å². The molecule has 1 fully saturated rings. The van der Waals surface area contributed by atoms with E-state index in [1.807, 2.05) is 0 Å². The second-order valence-corrected chi connectivity index (χ2v) is 20.3. The molecule has 0 aliphatic carbocycles. The summed E-state index contributed by atoms with van der Waals surface area (Å²) in [6.07, 6.45) is 46.6. The van der Waals surface area contributed by atoms with Crippen LogP contribution in [0.1, 0.15) is 265 Å². The maximum atomic E-state index is 13.1. The molecule has 422 valence electrons. The highest BCUT2D eigenvalue weighted by atomic mass is 16.7. The van der Waals surface area contributed by atoms with Gasteiger partial charge in [0.2, 0.25) is 0 Å². The lowest BCUT2D eigenvalue weighted by molar-refractivity contribution is -0.301. The zero-order chi connectivity index (χ0) is 53.3. The van der Waals surface area contributed by atoms with Crippen LogP contribution in [0.25, 0.3) is 0 Å². The van der Waals surface area contributed by atoms with Crippen LogP contribution in [-0.4, -0.2) is 89.2 Å². The van der Waals surface area contributed by atoms with Crippen molar-refractivity contribution >= 4 is 23.9 Å². The van der Waals surface area contributed by atoms with Gasteiger partial charge < -0.3 is 39.0 Å². The van der Waals surface area contributed by atoms with Crippen molar-refractivity contribution in [2.24, 2.45) is 0 Å². The van der Waals surface area contributed by atoms with Crippen LogP contribution in [0, 0.1) is 0 Å². The molecule has 12 heteroatoms. The van der Waals surface area contributed by atoms with Crippen LogP contribution >= 0.6 is 0 Å². The number of ether oxygens (including phenoxy) is 5. The van der Waals surface area contributed by atoms with Gasteiger partial charge in [0.05, 0.1) is 6.61 Å². The summed E-state index contributed by atoms with van der Waals surface area (Å²) in [5, 5.41) is 31.4. The minimum absolute atomic E-state index is 0.0105. The zero-order valence-corrected chi connectivity index (χ0v) is 46.4. The highest BCUT2D eigenvalue weighted by Gasteiger charge is 2.50. The lowest BCUT2D eigenvalue weighted by atomic mass is 9.98. The minimum atomic E-state index is -1.91. The average Bonchev–Trinajstić information content (AvgIpc) is 3.37. The summed E-state index contributed by atoms with van der Waals surface area (Å²) in [6, 6.07) is 0. The number of esters is 3. The predicted molar refractivity (Wildman–Crippen MR) is 294 cm³/mol. The van der Waals surface area contributed by atoms with Gasteiger partial charge in [-0.3, -0.25) is 14.4 Å². The summed E-state index contributed by atoms with van der Waals surface area (Å²) in [4.78, 5) is 51.0. The summed E-state index contributed by atoms with van der Waals surface area (Å²) in [5.74, 6) is -3.15. The second-order valence-electron chi connectivity index (χ2n) is 20.3. The Kier molecular flexibility index (Phi) is 45.9. The van der Waals surface area contributed by atoms with Gasteiger partial charge in [-0.1, -0.05) is 236 Å². The Morgan fingerprint density at radius 1 is 0.466 bits per heavy atom. The van der Waals surface area contributed by atoms with E-state index in [2.05, 4.69) is 69.4 Å². The summed E-state index contributed by atoms with van der Waals surface area (Å²) in [5.41, 5.74) is 0. The number of hydrogen-bond acceptors (Lipinski definition) is 11. The number of aliphatic hydroxyl groups excluding tert-OH is 2. The third-order valence-corrected chi connectivity index (χ3v) is 13.4. The molecule has 0 aromatic carbocycles. The quantitative estimate of drug-likeness (QED) is 0.0228. The Morgan fingerprint density at radius 3 is 1.32 bits per heavy atom. The van der Waals surface area contributed by atoms with Gasteiger partial charge in [-0.2, -0.15) is 0 Å². The number of unbranched alkanes of at least 4 members (excludes halogenated alkanes) is 28. The first-order valence-electron chi connectivity index (χ1n) is 29.6. The molecule has 0 aromatic heterocycles. The van der Waals surface area contributed by atoms with Crippen LogP contribution in [0.2, 0.25) is 0 Å². The fraction of sp³-hybridized carbons (Fsp3) is 0.803. The Bertz CT molecular complexity index is 1460. The normalized spacial score (nSPS) is 18.6. The first kappa shape index (κ1) is 67.7. The average molecular weight is 1030 g/mol. The van der Waals surface area contributed by atoms with Crippen molar-refractivity contribution in [1.82, 2.24) is 0 Å². The number of allylic oxidation sites excluding steroid dienone is 8. The van der Waals surface area contributed by atoms with E-state index in [1.165, 1.54) is 128 Å². The second kappa shape index (κ2) is 49.6. The van der Waals surface area contributed by atoms with E-state index in [9.17, 15) is 34.5 Å². The lowest BCUT2D eigenvalue weighted by Crippen LogP contribution is -2.61. The van der Waals surface area contributed by atoms with Gasteiger partial charge in [0.25, 0.3) is 0 Å². The molecule has 0 saturated carbocycles. The molecular weight excluding hydrogens is 925 g/mol. The van der Waals surface area contributed by atoms with Crippen LogP contribution in [0.5, 0.6) is 0 Å². The van der Waals surface area contributed by atoms with Crippen LogP contribution in [0.15, 0.2) is 48.6 Å². The van der Waals surface area contributed by atoms with Crippen LogP contribution in [-0.2, 0) is 42.9 Å². The van der Waals surface area contributed by atoms with Crippen molar-refractivity contribution in [2.75, 3.05) is 13.2 Å². The number of rotatable bonds is 50. The van der Waals surface area contributed by atoms with E-state index in [1.54, 1.807) is 0 Å². The first-order valence-corrected chi connectivity index (χ1v) is 29.6. The van der Waals surface area contributed by atoms with Crippen LogP contribution < -0.4 is 0 Å². The summed E-state index contributed by atoms with van der Waals surface area (Å²) < 4.78 is 28.4. The maximum absolute atomic E-state index is 13.1. The largest absolute Gasteiger partial charge is 0.479 e. The number of carbonyl (C=O) groups excluding carboxylic acids is 3. The van der Waals surface area contributed by atoms with Gasteiger partial charge in [0.1, 0.15) is 18.8 Å². The Balaban J connectivity index is 2.68. The SMILES string of the molecule is CC/C=C\C/C=C\C/C=C\C/C=C\CCCCC(=O)OC1C(OCC(COC(=O)CCCCCCCCCCCCCCCCCCC)OC(=O)CCCCCCCCCCCCC)OC(C(=O)O)C(O)C1O. The molecular formula is C61H106O12. The van der Waals surface area contributed by atoms with Gasteiger partial charge in [-0.25, -0.2) is 4.79 Å². The van der Waals surface area contributed by atoms with Crippen LogP contribution in [0.4, 0.5) is 0 Å². The third-order valence-electron chi connectivity index (χ3n) is 13.4. The van der Waals surface area contributed by atoms with Crippen LogP contribution in [0.3, 0.4) is 0 Å². The number of aliphatic carboxylic acids is 1. The van der Waals surface area contributed by atoms with Crippen molar-refractivity contribution in [3.05, 3.63) is 48.6 Å². The third kappa shape index (κ3) is 39.7. The highest BCUT2D eigenvalue weighted by molar-refractivity contribution is 5.74. The monoisotopic (exact) mass is 1030 g/mol. The molecule has 6 atom stereocenters. The Hall–Kier alpha value is -3.32. The van der Waals surface area contributed by atoms with Gasteiger partial charge in [0.15, 0.2) is 24.6 Å². The van der Waals surface area contributed by atoms with Crippen molar-refractivity contribution in [1.29, 1.82) is 0 Å². The molecule has 12 nitrogen and oxygen atoms in total. The fourth-order valence-corrected chi connectivity index (χ4v) is 8.89. The number of carbonyl (C=O) groups is 4. The van der Waals surface area contributed by atoms with Crippen molar-refractivity contribution in [2.45, 2.75) is 302 Å². The molecule has 1 heterocycles. The lowest BCUT2D eigenvalue weighted by Gasteiger charge is -2.40. The number of hydrogen-bond donors (Lipinski definition) is 3. The highest BCUT2D eigenvalue weighted by Crippen LogP contribution is 2.26. The van der Waals surface area contributed by atoms with E-state index in [0.717, 1.165) is 70.6 Å². The Morgan fingerprint density at radius 2 is 0.863 bits per heavy atom. The minimum Gasteiger partial charge on any atom is -0.479 e. The summed E-state index contributed by atoms with van der Waals surface area (Å²) in [7, 11) is 0. The van der Waals surface area contributed by atoms with E-state index >= 15 is 0 Å². The molecule has 0 spiro atoms. The molecule has 1 aliphatic heterocycles. The molecule has 0 amide bonds. The van der Waals surface area contributed by atoms with E-state index in [0.29, 0.717) is 25.7 Å². The molecule has 6 unspecified atom stereocenters. The molecule has 1 aliphatic rings. The predicted octanol–water partition coefficient (Wildman–Crippen LogP) is 15.0. The Labute approximate surface area is 443 Å². The summed E-state index contributed by atoms with van der Waals surface area (Å²) in [6.45, 7) is 5.87. The molecule has 1 saturated heterocycles. The van der Waals surface area contributed by atoms with Gasteiger partial charge in [-0.05, 0) is 57.8 Å². The van der Waals surface area contributed by atoms with Gasteiger partial charge >= 0.3 is 23.9 Å². The molecule has 0 bridgehead atoms. The van der Waals surface area contributed by atoms with Crippen molar-refractivity contribution in [3.8, 4) is 0 Å². The number of carboxylic acid groups (broad SMARTS) is 1. The zero-order valence-electron chi connectivity index (χ0n) is 46.4. The fourth-order valence-electron chi connectivity index (χ4n) is 8.89. The molecule has 3 N–H and O–H groups in total. The van der Waals surface area contributed by atoms with Gasteiger partial charge in [0, 0.05) is 19.3 Å². The van der Waals surface area contributed by atoms with Crippen molar-refractivity contribution in [3.63, 3.8) is 0 Å². The summed E-state index contributed by atoms with van der Waals surface area (Å²) >= 11 is 0. The molecule has 1 rings (SSSR count). The molecule has 0 radical (unpaired) electrons. The van der Waals surface area contributed by atoms with E-state index in [4.69, 9.17) is 23.7 Å². The standard InChI is InChI=1S/C61H106O12/c1-4-7-10-13-16-19-22-24-26-27-29-30-33-35-38-41-44-47-53(62)69-50-52(71-54(63)48-45-42-39-36-32-21-18-15-12-9-6-3)51-70-61-59(57(66)56(65)58(73-61)60(67)68)72-55(64)49-46-43-40-37-34-31-28-25-23-20-17-14-11-8-5-2/h8,11,17,20,25,28,34,37,52,56-59,61,65-66H,4-7,9-10,12-16,18-19,21-24,26-27,29-33,35-36,38-51H2,1-3H3,(H,67,68)/b11-8-,20-17-,28-25-,37-34-. The maximum Gasteiger partial charge on any atom is 0.335 e. The topological polar surface area (TPSA) is 175 Å².